The Morgan fingerprint density at radius 2 is 1.84 bits per heavy atom. The molecule has 0 aromatic heterocycles. The van der Waals surface area contributed by atoms with Crippen LogP contribution in [0.5, 0.6) is 0 Å². The summed E-state index contributed by atoms with van der Waals surface area (Å²) in [6.45, 7) is 5.03. The molecule has 0 bridgehead atoms. The first-order chi connectivity index (χ1) is 8.96. The predicted octanol–water partition coefficient (Wildman–Crippen LogP) is 1.61. The molecule has 0 spiro atoms. The fraction of sp³-hybridized carbons (Fsp3) is 0.857. The van der Waals surface area contributed by atoms with Gasteiger partial charge in [0.25, 0.3) is 0 Å². The summed E-state index contributed by atoms with van der Waals surface area (Å²) in [5.74, 6) is -0.753. The number of amides is 1. The number of aliphatic carboxylic acids is 1. The van der Waals surface area contributed by atoms with Crippen molar-refractivity contribution in [2.24, 2.45) is 11.1 Å². The summed E-state index contributed by atoms with van der Waals surface area (Å²) in [4.78, 5) is 25.3. The molecule has 1 rings (SSSR count). The van der Waals surface area contributed by atoms with E-state index in [4.69, 9.17) is 5.73 Å². The Labute approximate surface area is 115 Å². The number of piperidine rings is 1. The van der Waals surface area contributed by atoms with Crippen LogP contribution in [0.25, 0.3) is 0 Å². The lowest BCUT2D eigenvalue weighted by molar-refractivity contribution is -0.155. The monoisotopic (exact) mass is 270 g/mol. The van der Waals surface area contributed by atoms with Crippen LogP contribution in [-0.2, 0) is 9.59 Å². The summed E-state index contributed by atoms with van der Waals surface area (Å²) in [5, 5.41) is 9.41. The number of carboxylic acid groups (broad SMARTS) is 1. The lowest BCUT2D eigenvalue weighted by Gasteiger charge is -2.39. The zero-order valence-electron chi connectivity index (χ0n) is 12.0. The molecule has 0 saturated carbocycles. The number of carbonyl (C=O) groups excluding carboxylic acids is 1. The quantitative estimate of drug-likeness (QED) is 0.768. The van der Waals surface area contributed by atoms with E-state index in [1.807, 2.05) is 13.8 Å². The van der Waals surface area contributed by atoms with Crippen molar-refractivity contribution >= 4 is 11.9 Å². The maximum atomic E-state index is 12.1. The minimum Gasteiger partial charge on any atom is -0.481 e. The van der Waals surface area contributed by atoms with Crippen LogP contribution in [0.15, 0.2) is 0 Å². The summed E-state index contributed by atoms with van der Waals surface area (Å²) in [7, 11) is 0. The van der Waals surface area contributed by atoms with Gasteiger partial charge < -0.3 is 15.7 Å². The van der Waals surface area contributed by atoms with Crippen LogP contribution in [0.1, 0.15) is 52.4 Å². The minimum atomic E-state index is -0.723. The summed E-state index contributed by atoms with van der Waals surface area (Å²) in [5.41, 5.74) is 5.20. The van der Waals surface area contributed by atoms with Crippen LogP contribution < -0.4 is 5.73 Å². The van der Waals surface area contributed by atoms with Gasteiger partial charge in [-0.25, -0.2) is 0 Å². The van der Waals surface area contributed by atoms with Gasteiger partial charge in [-0.15, -0.1) is 0 Å². The van der Waals surface area contributed by atoms with E-state index in [0.717, 1.165) is 12.8 Å². The number of nitrogens with zero attached hydrogens (tertiary/aromatic N) is 1. The highest BCUT2D eigenvalue weighted by Crippen LogP contribution is 2.36. The van der Waals surface area contributed by atoms with Gasteiger partial charge >= 0.3 is 5.97 Å². The molecule has 110 valence electrons. The molecular weight excluding hydrogens is 244 g/mol. The van der Waals surface area contributed by atoms with Crippen LogP contribution in [0.3, 0.4) is 0 Å². The van der Waals surface area contributed by atoms with Gasteiger partial charge in [0, 0.05) is 13.1 Å². The lowest BCUT2D eigenvalue weighted by atomic mass is 9.75. The van der Waals surface area contributed by atoms with Crippen molar-refractivity contribution in [3.63, 3.8) is 0 Å². The first-order valence-corrected chi connectivity index (χ1v) is 7.24. The fourth-order valence-corrected chi connectivity index (χ4v) is 2.87. The van der Waals surface area contributed by atoms with Gasteiger partial charge in [0.05, 0.1) is 11.5 Å². The molecule has 1 aliphatic heterocycles. The van der Waals surface area contributed by atoms with Crippen LogP contribution in [-0.4, -0.2) is 41.0 Å². The summed E-state index contributed by atoms with van der Waals surface area (Å²) >= 11 is 0. The molecule has 0 aromatic rings. The first kappa shape index (κ1) is 16.0. The topological polar surface area (TPSA) is 83.6 Å². The van der Waals surface area contributed by atoms with Gasteiger partial charge in [0.1, 0.15) is 0 Å². The maximum Gasteiger partial charge on any atom is 0.309 e. The van der Waals surface area contributed by atoms with E-state index < -0.39 is 17.4 Å². The van der Waals surface area contributed by atoms with E-state index in [9.17, 15) is 14.7 Å². The molecule has 5 heteroatoms. The van der Waals surface area contributed by atoms with Crippen molar-refractivity contribution in [3.05, 3.63) is 0 Å². The van der Waals surface area contributed by atoms with E-state index in [1.54, 1.807) is 4.90 Å². The molecular formula is C14H26N2O3. The summed E-state index contributed by atoms with van der Waals surface area (Å²) < 4.78 is 0. The molecule has 3 N–H and O–H groups in total. The minimum absolute atomic E-state index is 0.0302. The number of likely N-dealkylation sites (tertiary alicyclic amines) is 1. The second-order valence-electron chi connectivity index (χ2n) is 5.56. The lowest BCUT2D eigenvalue weighted by Crippen LogP contribution is -2.51. The zero-order chi connectivity index (χ0) is 14.5. The molecule has 1 saturated heterocycles. The van der Waals surface area contributed by atoms with Crippen LogP contribution in [0.4, 0.5) is 0 Å². The maximum absolute atomic E-state index is 12.1. The van der Waals surface area contributed by atoms with Crippen molar-refractivity contribution < 1.29 is 14.7 Å². The third-order valence-electron chi connectivity index (χ3n) is 4.13. The van der Waals surface area contributed by atoms with Gasteiger partial charge in [-0.1, -0.05) is 26.7 Å². The average Bonchev–Trinajstić information content (AvgIpc) is 2.39. The van der Waals surface area contributed by atoms with Crippen LogP contribution in [0, 0.1) is 5.41 Å². The molecule has 1 amide bonds. The zero-order valence-corrected chi connectivity index (χ0v) is 12.0. The molecule has 0 unspecified atom stereocenters. The second kappa shape index (κ2) is 6.89. The normalized spacial score (nSPS) is 20.1. The molecule has 1 aliphatic rings. The molecule has 0 aromatic carbocycles. The molecule has 1 atom stereocenters. The molecule has 0 radical (unpaired) electrons. The molecule has 0 aliphatic carbocycles. The highest BCUT2D eigenvalue weighted by atomic mass is 16.4. The van der Waals surface area contributed by atoms with Gasteiger partial charge in [-0.05, 0) is 25.7 Å². The largest absolute Gasteiger partial charge is 0.481 e. The van der Waals surface area contributed by atoms with Gasteiger partial charge in [-0.3, -0.25) is 9.59 Å². The Bertz CT molecular complexity index is 323. The summed E-state index contributed by atoms with van der Waals surface area (Å²) in [6, 6.07) is -0.437. The number of carboxylic acids is 1. The number of nitrogens with two attached hydrogens (primary N) is 1. The smallest absolute Gasteiger partial charge is 0.309 e. The van der Waals surface area contributed by atoms with Crippen LogP contribution >= 0.6 is 0 Å². The Balaban J connectivity index is 2.60. The SMILES string of the molecule is CCC[C@H](N)C(=O)N1CCC(CCC)(C(=O)O)CC1. The second-order valence-corrected chi connectivity index (χ2v) is 5.56. The van der Waals surface area contributed by atoms with E-state index in [-0.39, 0.29) is 5.91 Å². The van der Waals surface area contributed by atoms with Crippen molar-refractivity contribution in [1.29, 1.82) is 0 Å². The Morgan fingerprint density at radius 1 is 1.26 bits per heavy atom. The number of hydrogen-bond acceptors (Lipinski definition) is 3. The Kier molecular flexibility index (Phi) is 5.79. The summed E-state index contributed by atoms with van der Waals surface area (Å²) in [6.07, 6.45) is 4.20. The third-order valence-corrected chi connectivity index (χ3v) is 4.13. The highest BCUT2D eigenvalue weighted by molar-refractivity contribution is 5.82. The van der Waals surface area contributed by atoms with Crippen molar-refractivity contribution in [2.75, 3.05) is 13.1 Å². The third kappa shape index (κ3) is 3.69. The first-order valence-electron chi connectivity index (χ1n) is 7.24. The number of rotatable bonds is 6. The van der Waals surface area contributed by atoms with Crippen LogP contribution in [0.2, 0.25) is 0 Å². The molecule has 5 nitrogen and oxygen atoms in total. The van der Waals surface area contributed by atoms with Crippen molar-refractivity contribution in [3.8, 4) is 0 Å². The standard InChI is InChI=1S/C14H26N2O3/c1-3-5-11(15)12(17)16-9-7-14(6-4-2,8-10-16)13(18)19/h11H,3-10,15H2,1-2H3,(H,18,19)/t11-/m0/s1. The van der Waals surface area contributed by atoms with Gasteiger partial charge in [-0.2, -0.15) is 0 Å². The number of hydrogen-bond donors (Lipinski definition) is 2. The van der Waals surface area contributed by atoms with E-state index in [0.29, 0.717) is 38.8 Å². The van der Waals surface area contributed by atoms with E-state index in [2.05, 4.69) is 0 Å². The van der Waals surface area contributed by atoms with E-state index >= 15 is 0 Å². The van der Waals surface area contributed by atoms with Gasteiger partial charge in [0.15, 0.2) is 0 Å². The highest BCUT2D eigenvalue weighted by Gasteiger charge is 2.41. The predicted molar refractivity (Wildman–Crippen MR) is 73.7 cm³/mol. The molecule has 1 heterocycles. The fourth-order valence-electron chi connectivity index (χ4n) is 2.87. The Hall–Kier alpha value is -1.10. The average molecular weight is 270 g/mol. The van der Waals surface area contributed by atoms with Crippen molar-refractivity contribution in [1.82, 2.24) is 4.90 Å². The molecule has 1 fully saturated rings. The number of carbonyl (C=O) groups is 2. The van der Waals surface area contributed by atoms with Crippen molar-refractivity contribution in [2.45, 2.75) is 58.4 Å². The van der Waals surface area contributed by atoms with E-state index in [1.165, 1.54) is 0 Å². The van der Waals surface area contributed by atoms with Gasteiger partial charge in [0.2, 0.25) is 5.91 Å². The molecule has 19 heavy (non-hydrogen) atoms. The Morgan fingerprint density at radius 3 is 2.26 bits per heavy atom.